The Bertz CT molecular complexity index is 548. The lowest BCUT2D eigenvalue weighted by atomic mass is 9.93. The summed E-state index contributed by atoms with van der Waals surface area (Å²) in [6, 6.07) is 3.19. The van der Waals surface area contributed by atoms with Crippen LogP contribution < -0.4 is 5.73 Å². The van der Waals surface area contributed by atoms with E-state index in [4.69, 9.17) is 5.73 Å². The summed E-state index contributed by atoms with van der Waals surface area (Å²) >= 11 is 0. The maximum absolute atomic E-state index is 12.3. The lowest BCUT2D eigenvalue weighted by Crippen LogP contribution is -2.43. The minimum absolute atomic E-state index is 0.0167. The number of nitrogens with two attached hydrogens (primary N) is 1. The Balaban J connectivity index is 2.40. The number of anilines is 1. The van der Waals surface area contributed by atoms with Crippen LogP contribution in [0.5, 0.6) is 0 Å². The highest BCUT2D eigenvalue weighted by molar-refractivity contribution is 7.60. The summed E-state index contributed by atoms with van der Waals surface area (Å²) in [6.07, 6.45) is 3.03. The normalized spacial score (nSPS) is 31.0. The molecule has 1 saturated heterocycles. The van der Waals surface area contributed by atoms with E-state index in [1.54, 1.807) is 12.1 Å². The van der Waals surface area contributed by atoms with Gasteiger partial charge >= 0.3 is 5.97 Å². The highest BCUT2D eigenvalue weighted by Crippen LogP contribution is 2.61. The van der Waals surface area contributed by atoms with Crippen molar-refractivity contribution in [2.45, 2.75) is 30.8 Å². The zero-order chi connectivity index (χ0) is 14.1. The Labute approximate surface area is 111 Å². The number of hydrogen-bond donors (Lipinski definition) is 3. The van der Waals surface area contributed by atoms with Gasteiger partial charge in [0.25, 0.3) is 0 Å². The van der Waals surface area contributed by atoms with E-state index in [9.17, 15) is 19.4 Å². The molecule has 0 aromatic carbocycles. The van der Waals surface area contributed by atoms with Crippen molar-refractivity contribution in [3.8, 4) is 0 Å². The van der Waals surface area contributed by atoms with E-state index in [1.165, 1.54) is 6.20 Å². The van der Waals surface area contributed by atoms with Crippen LogP contribution in [0.2, 0.25) is 0 Å². The van der Waals surface area contributed by atoms with Gasteiger partial charge in [0.2, 0.25) is 7.37 Å². The summed E-state index contributed by atoms with van der Waals surface area (Å²) in [4.78, 5) is 25.6. The van der Waals surface area contributed by atoms with Crippen molar-refractivity contribution in [3.05, 3.63) is 23.9 Å². The molecule has 6 nitrogen and oxygen atoms in total. The molecule has 2 rings (SSSR count). The molecule has 0 radical (unpaired) electrons. The van der Waals surface area contributed by atoms with Gasteiger partial charge in [-0.2, -0.15) is 0 Å². The molecule has 1 aromatic rings. The van der Waals surface area contributed by atoms with Crippen molar-refractivity contribution in [2.75, 3.05) is 11.9 Å². The van der Waals surface area contributed by atoms with Crippen LogP contribution in [-0.2, 0) is 15.8 Å². The number of nitrogens with zero attached hydrogens (tertiary/aromatic N) is 1. The molecule has 0 aliphatic carbocycles. The van der Waals surface area contributed by atoms with E-state index in [-0.39, 0.29) is 24.8 Å². The third-order valence-electron chi connectivity index (χ3n) is 3.71. The van der Waals surface area contributed by atoms with E-state index in [0.717, 1.165) is 0 Å². The van der Waals surface area contributed by atoms with E-state index in [0.29, 0.717) is 18.4 Å². The monoisotopic (exact) mass is 284 g/mol. The fourth-order valence-electron chi connectivity index (χ4n) is 2.62. The third-order valence-corrected chi connectivity index (χ3v) is 6.54. The van der Waals surface area contributed by atoms with E-state index >= 15 is 0 Å². The average molecular weight is 284 g/mol. The molecular formula is C12H17N2O4P. The first-order valence-corrected chi connectivity index (χ1v) is 7.98. The van der Waals surface area contributed by atoms with Gasteiger partial charge in [-0.3, -0.25) is 9.36 Å². The van der Waals surface area contributed by atoms with Crippen LogP contribution in [0.15, 0.2) is 18.3 Å². The second-order valence-corrected chi connectivity index (χ2v) is 7.69. The predicted octanol–water partition coefficient (Wildman–Crippen LogP) is 1.48. The molecule has 1 fully saturated rings. The summed E-state index contributed by atoms with van der Waals surface area (Å²) in [7, 11) is -3.73. The first-order chi connectivity index (χ1) is 8.87. The van der Waals surface area contributed by atoms with Crippen molar-refractivity contribution in [2.24, 2.45) is 0 Å². The highest BCUT2D eigenvalue weighted by atomic mass is 31.2. The number of pyridine rings is 1. The molecule has 2 unspecified atom stereocenters. The first-order valence-electron chi connectivity index (χ1n) is 6.13. The lowest BCUT2D eigenvalue weighted by Gasteiger charge is -2.37. The molecule has 0 bridgehead atoms. The molecule has 1 aromatic heterocycles. The van der Waals surface area contributed by atoms with Crippen molar-refractivity contribution in [3.63, 3.8) is 0 Å². The van der Waals surface area contributed by atoms with Crippen LogP contribution in [0, 0.1) is 0 Å². The van der Waals surface area contributed by atoms with E-state index in [2.05, 4.69) is 4.98 Å². The Kier molecular flexibility index (Phi) is 3.65. The van der Waals surface area contributed by atoms with Gasteiger partial charge in [0.15, 0.2) is 0 Å². The zero-order valence-electron chi connectivity index (χ0n) is 10.5. The largest absolute Gasteiger partial charge is 0.480 e. The average Bonchev–Trinajstić information content (AvgIpc) is 2.31. The first kappa shape index (κ1) is 14.0. The Morgan fingerprint density at radius 2 is 2.26 bits per heavy atom. The molecule has 0 saturated carbocycles. The fraction of sp³-hybridized carbons (Fsp3) is 0.500. The van der Waals surface area contributed by atoms with Gasteiger partial charge in [-0.25, -0.2) is 4.98 Å². The van der Waals surface area contributed by atoms with Gasteiger partial charge in [0.1, 0.15) is 11.0 Å². The van der Waals surface area contributed by atoms with Crippen molar-refractivity contribution in [1.82, 2.24) is 4.98 Å². The summed E-state index contributed by atoms with van der Waals surface area (Å²) in [5, 5.41) is 7.89. The summed E-state index contributed by atoms with van der Waals surface area (Å²) in [6.45, 7) is 0. The maximum Gasteiger partial charge on any atom is 0.319 e. The van der Waals surface area contributed by atoms with Crippen LogP contribution in [0.4, 0.5) is 5.82 Å². The van der Waals surface area contributed by atoms with Crippen LogP contribution in [0.25, 0.3) is 0 Å². The Morgan fingerprint density at radius 1 is 1.53 bits per heavy atom. The highest BCUT2D eigenvalue weighted by Gasteiger charge is 2.54. The molecule has 19 heavy (non-hydrogen) atoms. The number of carboxylic acid groups (broad SMARTS) is 1. The fourth-order valence-corrected chi connectivity index (χ4v) is 4.93. The standard InChI is InChI=1S/C12H17N2O4P/c13-10-7-9(3-5-14-10)8-12(11(15)16)4-1-2-6-19(12,17)18/h3,5,7H,1-2,4,6,8H2,(H2,13,14)(H,15,16)(H,17,18). The van der Waals surface area contributed by atoms with E-state index < -0.39 is 18.5 Å². The molecule has 104 valence electrons. The van der Waals surface area contributed by atoms with Gasteiger partial charge in [0, 0.05) is 12.4 Å². The van der Waals surface area contributed by atoms with E-state index in [1.807, 2.05) is 0 Å². The number of nitrogen functional groups attached to an aromatic ring is 1. The molecule has 1 aliphatic heterocycles. The van der Waals surface area contributed by atoms with Gasteiger partial charge < -0.3 is 15.7 Å². The van der Waals surface area contributed by atoms with Crippen LogP contribution >= 0.6 is 7.37 Å². The molecular weight excluding hydrogens is 267 g/mol. The number of aromatic nitrogens is 1. The Hall–Kier alpha value is -1.39. The molecule has 0 spiro atoms. The molecule has 0 amide bonds. The minimum Gasteiger partial charge on any atom is -0.480 e. The molecule has 4 N–H and O–H groups in total. The molecule has 2 atom stereocenters. The summed E-state index contributed by atoms with van der Waals surface area (Å²) in [5.74, 6) is -0.921. The number of aliphatic carboxylic acids is 1. The zero-order valence-corrected chi connectivity index (χ0v) is 11.3. The third kappa shape index (κ3) is 2.51. The molecule has 2 heterocycles. The number of carbonyl (C=O) groups is 1. The van der Waals surface area contributed by atoms with Crippen LogP contribution in [0.1, 0.15) is 24.8 Å². The number of rotatable bonds is 3. The summed E-state index contributed by atoms with van der Waals surface area (Å²) in [5.41, 5.74) is 6.19. The summed E-state index contributed by atoms with van der Waals surface area (Å²) < 4.78 is 12.3. The van der Waals surface area contributed by atoms with Crippen molar-refractivity contribution >= 4 is 19.2 Å². The quantitative estimate of drug-likeness (QED) is 0.724. The smallest absolute Gasteiger partial charge is 0.319 e. The van der Waals surface area contributed by atoms with Gasteiger partial charge in [-0.05, 0) is 37.0 Å². The van der Waals surface area contributed by atoms with Gasteiger partial charge in [-0.1, -0.05) is 6.42 Å². The van der Waals surface area contributed by atoms with Crippen molar-refractivity contribution in [1.29, 1.82) is 0 Å². The van der Waals surface area contributed by atoms with Crippen LogP contribution in [0.3, 0.4) is 0 Å². The van der Waals surface area contributed by atoms with Gasteiger partial charge in [-0.15, -0.1) is 0 Å². The Morgan fingerprint density at radius 3 is 2.84 bits per heavy atom. The maximum atomic E-state index is 12.3. The topological polar surface area (TPSA) is 114 Å². The lowest BCUT2D eigenvalue weighted by molar-refractivity contribution is -0.140. The second-order valence-electron chi connectivity index (χ2n) is 4.98. The van der Waals surface area contributed by atoms with Crippen LogP contribution in [-0.4, -0.2) is 32.3 Å². The predicted molar refractivity (Wildman–Crippen MR) is 71.3 cm³/mol. The molecule has 1 aliphatic rings. The number of hydrogen-bond acceptors (Lipinski definition) is 4. The molecule has 7 heteroatoms. The van der Waals surface area contributed by atoms with Crippen molar-refractivity contribution < 1.29 is 19.4 Å². The minimum atomic E-state index is -3.73. The SMILES string of the molecule is Nc1cc(CC2(C(=O)O)CCCCP2(=O)O)ccn1. The second kappa shape index (κ2) is 4.94. The number of carboxylic acids is 1. The van der Waals surface area contributed by atoms with Gasteiger partial charge in [0.05, 0.1) is 0 Å².